The molecule has 1 aliphatic heterocycles. The van der Waals surface area contributed by atoms with Crippen LogP contribution in [0.4, 0.5) is 0 Å². The maximum absolute atomic E-state index is 12.2. The molecule has 0 spiro atoms. The summed E-state index contributed by atoms with van der Waals surface area (Å²) in [6.45, 7) is 7.44. The van der Waals surface area contributed by atoms with Gasteiger partial charge in [0.25, 0.3) is 0 Å². The number of hydrogen-bond acceptors (Lipinski definition) is 3. The molecule has 3 atom stereocenters. The predicted octanol–water partition coefficient (Wildman–Crippen LogP) is 0.652. The Morgan fingerprint density at radius 2 is 2.25 bits per heavy atom. The molecule has 16 heavy (non-hydrogen) atoms. The molecule has 0 radical (unpaired) electrons. The van der Waals surface area contributed by atoms with Crippen LogP contribution in [-0.4, -0.2) is 36.2 Å². The van der Waals surface area contributed by atoms with Gasteiger partial charge in [0.05, 0.1) is 11.5 Å². The highest BCUT2D eigenvalue weighted by Crippen LogP contribution is 2.29. The molecule has 4 nitrogen and oxygen atoms in total. The van der Waals surface area contributed by atoms with Crippen molar-refractivity contribution in [3.8, 4) is 0 Å². The number of aliphatic hydroxyl groups excluding tert-OH is 1. The number of carbonyl (C=O) groups excluding carboxylic acids is 1. The average Bonchev–Trinajstić information content (AvgIpc) is 2.65. The van der Waals surface area contributed by atoms with Crippen molar-refractivity contribution in [2.24, 2.45) is 5.41 Å². The fourth-order valence-electron chi connectivity index (χ4n) is 2.35. The van der Waals surface area contributed by atoms with Crippen LogP contribution in [0.2, 0.25) is 0 Å². The second-order valence-electron chi connectivity index (χ2n) is 5.02. The van der Waals surface area contributed by atoms with Crippen LogP contribution in [0.1, 0.15) is 40.0 Å². The second-order valence-corrected chi connectivity index (χ2v) is 5.02. The molecule has 94 valence electrons. The van der Waals surface area contributed by atoms with E-state index in [1.54, 1.807) is 6.92 Å². The van der Waals surface area contributed by atoms with Gasteiger partial charge >= 0.3 is 0 Å². The quantitative estimate of drug-likeness (QED) is 0.647. The summed E-state index contributed by atoms with van der Waals surface area (Å²) in [5, 5.41) is 15.5. The molecule has 3 N–H and O–H groups in total. The third-order valence-electron chi connectivity index (χ3n) is 3.47. The molecule has 1 aliphatic rings. The summed E-state index contributed by atoms with van der Waals surface area (Å²) >= 11 is 0. The molecule has 0 aromatic carbocycles. The third-order valence-corrected chi connectivity index (χ3v) is 3.47. The molecule has 3 unspecified atom stereocenters. The smallest absolute Gasteiger partial charge is 0.227 e. The molecule has 1 fully saturated rings. The molecular formula is C12H24N2O2. The molecule has 1 rings (SSSR count). The van der Waals surface area contributed by atoms with Crippen molar-refractivity contribution in [3.05, 3.63) is 0 Å². The Hall–Kier alpha value is -0.610. The van der Waals surface area contributed by atoms with Gasteiger partial charge < -0.3 is 15.7 Å². The van der Waals surface area contributed by atoms with E-state index in [0.29, 0.717) is 6.42 Å². The standard InChI is InChI=1S/C12H24N2O2/c1-4-12(5-6-13-8-12)11(16)14-9(2)7-10(3)15/h9-10,13,15H,4-8H2,1-3H3,(H,14,16). The molecular weight excluding hydrogens is 204 g/mol. The molecule has 1 heterocycles. The number of rotatable bonds is 5. The summed E-state index contributed by atoms with van der Waals surface area (Å²) < 4.78 is 0. The van der Waals surface area contributed by atoms with E-state index in [1.165, 1.54) is 0 Å². The van der Waals surface area contributed by atoms with Gasteiger partial charge in [-0.3, -0.25) is 4.79 Å². The zero-order valence-electron chi connectivity index (χ0n) is 10.5. The first kappa shape index (κ1) is 13.5. The Morgan fingerprint density at radius 1 is 1.56 bits per heavy atom. The van der Waals surface area contributed by atoms with Crippen molar-refractivity contribution in [1.82, 2.24) is 10.6 Å². The van der Waals surface area contributed by atoms with Crippen LogP contribution in [0.3, 0.4) is 0 Å². The van der Waals surface area contributed by atoms with Gasteiger partial charge in [0, 0.05) is 12.6 Å². The van der Waals surface area contributed by atoms with Gasteiger partial charge in [-0.1, -0.05) is 6.92 Å². The Bertz CT molecular complexity index is 235. The highest BCUT2D eigenvalue weighted by atomic mass is 16.3. The highest BCUT2D eigenvalue weighted by molar-refractivity contribution is 5.83. The molecule has 0 aromatic heterocycles. The van der Waals surface area contributed by atoms with Gasteiger partial charge in [-0.15, -0.1) is 0 Å². The van der Waals surface area contributed by atoms with Gasteiger partial charge in [0.15, 0.2) is 0 Å². The lowest BCUT2D eigenvalue weighted by molar-refractivity contribution is -0.131. The number of aliphatic hydroxyl groups is 1. The van der Waals surface area contributed by atoms with Gasteiger partial charge in [0.1, 0.15) is 0 Å². The molecule has 4 heteroatoms. The SMILES string of the molecule is CCC1(C(=O)NC(C)CC(C)O)CCNC1. The van der Waals surface area contributed by atoms with Crippen molar-refractivity contribution in [2.45, 2.75) is 52.2 Å². The zero-order chi connectivity index (χ0) is 12.2. The molecule has 0 bridgehead atoms. The minimum atomic E-state index is -0.366. The largest absolute Gasteiger partial charge is 0.393 e. The van der Waals surface area contributed by atoms with Gasteiger partial charge in [-0.2, -0.15) is 0 Å². The van der Waals surface area contributed by atoms with E-state index in [0.717, 1.165) is 25.9 Å². The van der Waals surface area contributed by atoms with E-state index in [2.05, 4.69) is 17.6 Å². The summed E-state index contributed by atoms with van der Waals surface area (Å²) in [6, 6.07) is 0.0384. The number of nitrogens with one attached hydrogen (secondary N) is 2. The van der Waals surface area contributed by atoms with E-state index in [9.17, 15) is 9.90 Å². The topological polar surface area (TPSA) is 61.4 Å². The minimum Gasteiger partial charge on any atom is -0.393 e. The fourth-order valence-corrected chi connectivity index (χ4v) is 2.35. The minimum absolute atomic E-state index is 0.0384. The van der Waals surface area contributed by atoms with Crippen molar-refractivity contribution >= 4 is 5.91 Å². The zero-order valence-corrected chi connectivity index (χ0v) is 10.5. The number of amides is 1. The van der Waals surface area contributed by atoms with Gasteiger partial charge in [-0.25, -0.2) is 0 Å². The summed E-state index contributed by atoms with van der Waals surface area (Å²) in [4.78, 5) is 12.2. The lowest BCUT2D eigenvalue weighted by Gasteiger charge is -2.27. The van der Waals surface area contributed by atoms with Crippen molar-refractivity contribution in [1.29, 1.82) is 0 Å². The van der Waals surface area contributed by atoms with Crippen LogP contribution >= 0.6 is 0 Å². The van der Waals surface area contributed by atoms with E-state index in [1.807, 2.05) is 6.92 Å². The normalized spacial score (nSPS) is 28.8. The Balaban J connectivity index is 2.50. The van der Waals surface area contributed by atoms with Crippen molar-refractivity contribution < 1.29 is 9.90 Å². The number of carbonyl (C=O) groups is 1. The monoisotopic (exact) mass is 228 g/mol. The molecule has 0 aliphatic carbocycles. The highest BCUT2D eigenvalue weighted by Gasteiger charge is 2.39. The first-order valence-electron chi connectivity index (χ1n) is 6.20. The van der Waals surface area contributed by atoms with Crippen LogP contribution in [0, 0.1) is 5.41 Å². The molecule has 0 aromatic rings. The predicted molar refractivity (Wildman–Crippen MR) is 64.1 cm³/mol. The van der Waals surface area contributed by atoms with Crippen molar-refractivity contribution in [2.75, 3.05) is 13.1 Å². The Morgan fingerprint density at radius 3 is 2.69 bits per heavy atom. The van der Waals surface area contributed by atoms with Crippen molar-refractivity contribution in [3.63, 3.8) is 0 Å². The van der Waals surface area contributed by atoms with Crippen LogP contribution in [0.25, 0.3) is 0 Å². The summed E-state index contributed by atoms with van der Waals surface area (Å²) in [5.74, 6) is 0.133. The summed E-state index contributed by atoms with van der Waals surface area (Å²) in [6.07, 6.45) is 2.03. The maximum Gasteiger partial charge on any atom is 0.227 e. The van der Waals surface area contributed by atoms with Crippen LogP contribution in [-0.2, 0) is 4.79 Å². The Labute approximate surface area is 97.8 Å². The fraction of sp³-hybridized carbons (Fsp3) is 0.917. The van der Waals surface area contributed by atoms with Gasteiger partial charge in [-0.05, 0) is 39.7 Å². The first-order valence-corrected chi connectivity index (χ1v) is 6.20. The summed E-state index contributed by atoms with van der Waals surface area (Å²) in [5.41, 5.74) is -0.229. The number of hydrogen-bond donors (Lipinski definition) is 3. The van der Waals surface area contributed by atoms with Crippen LogP contribution in [0.15, 0.2) is 0 Å². The van der Waals surface area contributed by atoms with E-state index < -0.39 is 0 Å². The van der Waals surface area contributed by atoms with E-state index in [-0.39, 0.29) is 23.5 Å². The maximum atomic E-state index is 12.2. The molecule has 1 amide bonds. The van der Waals surface area contributed by atoms with Crippen LogP contribution < -0.4 is 10.6 Å². The van der Waals surface area contributed by atoms with E-state index in [4.69, 9.17) is 0 Å². The first-order chi connectivity index (χ1) is 7.50. The summed E-state index contributed by atoms with van der Waals surface area (Å²) in [7, 11) is 0. The third kappa shape index (κ3) is 3.19. The van der Waals surface area contributed by atoms with E-state index >= 15 is 0 Å². The molecule has 1 saturated heterocycles. The molecule has 0 saturated carbocycles. The average molecular weight is 228 g/mol. The lowest BCUT2D eigenvalue weighted by atomic mass is 9.83. The van der Waals surface area contributed by atoms with Gasteiger partial charge in [0.2, 0.25) is 5.91 Å². The van der Waals surface area contributed by atoms with Crippen LogP contribution in [0.5, 0.6) is 0 Å². The second kappa shape index (κ2) is 5.64. The lowest BCUT2D eigenvalue weighted by Crippen LogP contribution is -2.46. The Kier molecular flexibility index (Phi) is 4.74.